The Balaban J connectivity index is 3.67. The van der Waals surface area contributed by atoms with Gasteiger partial charge in [0.2, 0.25) is 5.91 Å². The molecule has 0 aromatic rings. The van der Waals surface area contributed by atoms with Crippen molar-refractivity contribution in [1.29, 1.82) is 0 Å². The number of rotatable bonds is 23. The van der Waals surface area contributed by atoms with E-state index in [1.54, 1.807) is 0 Å². The summed E-state index contributed by atoms with van der Waals surface area (Å²) in [6.45, 7) is 4.25. The average Bonchev–Trinajstić information content (AvgIpc) is 2.77. The van der Waals surface area contributed by atoms with E-state index in [0.29, 0.717) is 12.8 Å². The van der Waals surface area contributed by atoms with E-state index >= 15 is 0 Å². The lowest BCUT2D eigenvalue weighted by Gasteiger charge is -2.22. The number of nitrogens with one attached hydrogen (secondary N) is 1. The molecule has 0 rings (SSSR count). The normalized spacial score (nSPS) is 13.5. The van der Waals surface area contributed by atoms with E-state index in [2.05, 4.69) is 31.3 Å². The summed E-state index contributed by atoms with van der Waals surface area (Å²) < 4.78 is 0. The molecule has 31 heavy (non-hydrogen) atoms. The second-order valence-electron chi connectivity index (χ2n) is 9.11. The molecular weight excluding hydrogens is 386 g/mol. The van der Waals surface area contributed by atoms with Gasteiger partial charge >= 0.3 is 0 Å². The number of hydrogen-bond donors (Lipinski definition) is 3. The molecule has 1 amide bonds. The minimum atomic E-state index is -0.653. The number of allylic oxidation sites excluding steroid dienone is 2. The Bertz CT molecular complexity index is 411. The van der Waals surface area contributed by atoms with Crippen molar-refractivity contribution in [2.45, 2.75) is 148 Å². The minimum absolute atomic E-state index is 0.0483. The highest BCUT2D eigenvalue weighted by Crippen LogP contribution is 2.13. The van der Waals surface area contributed by atoms with Crippen LogP contribution in [0.15, 0.2) is 12.2 Å². The highest BCUT2D eigenvalue weighted by Gasteiger charge is 2.19. The predicted octanol–water partition coefficient (Wildman–Crippen LogP) is 6.83. The third-order valence-electron chi connectivity index (χ3n) is 6.03. The summed E-state index contributed by atoms with van der Waals surface area (Å²) in [4.78, 5) is 12.1. The number of aliphatic hydroxyl groups is 2. The van der Waals surface area contributed by atoms with E-state index in [0.717, 1.165) is 25.7 Å². The first kappa shape index (κ1) is 30.1. The first-order valence-electron chi connectivity index (χ1n) is 13.4. The quantitative estimate of drug-likeness (QED) is 0.121. The summed E-state index contributed by atoms with van der Waals surface area (Å²) in [6.07, 6.45) is 25.3. The van der Waals surface area contributed by atoms with Gasteiger partial charge in [0.25, 0.3) is 0 Å². The Morgan fingerprint density at radius 3 is 1.87 bits per heavy atom. The fourth-order valence-corrected chi connectivity index (χ4v) is 3.87. The first-order valence-corrected chi connectivity index (χ1v) is 13.4. The Kier molecular flexibility index (Phi) is 23.1. The van der Waals surface area contributed by atoms with Crippen molar-refractivity contribution in [3.63, 3.8) is 0 Å². The van der Waals surface area contributed by atoms with Gasteiger partial charge in [-0.1, -0.05) is 109 Å². The SMILES string of the molecule is CCCC/C=C\CCCCCCCC(=O)NC(CO)C(O)CCCCCCCCCC. The molecule has 0 saturated heterocycles. The van der Waals surface area contributed by atoms with Gasteiger partial charge in [0, 0.05) is 6.42 Å². The standard InChI is InChI=1S/C27H53NO3/c1-3-5-7-9-11-13-14-15-17-19-21-23-27(31)28-25(24-29)26(30)22-20-18-16-12-10-8-6-4-2/h9,11,25-26,29-30H,3-8,10,12-24H2,1-2H3,(H,28,31)/b11-9-. The lowest BCUT2D eigenvalue weighted by molar-refractivity contribution is -0.123. The van der Waals surface area contributed by atoms with Crippen molar-refractivity contribution in [3.05, 3.63) is 12.2 Å². The van der Waals surface area contributed by atoms with E-state index in [1.165, 1.54) is 83.5 Å². The molecule has 0 spiro atoms. The van der Waals surface area contributed by atoms with E-state index in [-0.39, 0.29) is 12.5 Å². The van der Waals surface area contributed by atoms with Crippen molar-refractivity contribution >= 4 is 5.91 Å². The number of aliphatic hydroxyl groups excluding tert-OH is 2. The van der Waals surface area contributed by atoms with Gasteiger partial charge in [-0.15, -0.1) is 0 Å². The second kappa shape index (κ2) is 23.8. The van der Waals surface area contributed by atoms with Gasteiger partial charge in [-0.3, -0.25) is 4.79 Å². The molecule has 0 aromatic heterocycles. The maximum atomic E-state index is 12.1. The Morgan fingerprint density at radius 2 is 1.26 bits per heavy atom. The number of carbonyl (C=O) groups is 1. The molecule has 0 aliphatic rings. The van der Waals surface area contributed by atoms with Crippen LogP contribution in [0, 0.1) is 0 Å². The summed E-state index contributed by atoms with van der Waals surface area (Å²) in [5.74, 6) is -0.0483. The van der Waals surface area contributed by atoms with E-state index < -0.39 is 12.1 Å². The molecule has 4 nitrogen and oxygen atoms in total. The molecule has 0 heterocycles. The summed E-state index contributed by atoms with van der Waals surface area (Å²) >= 11 is 0. The van der Waals surface area contributed by atoms with Crippen molar-refractivity contribution in [2.75, 3.05) is 6.61 Å². The third kappa shape index (κ3) is 20.8. The van der Waals surface area contributed by atoms with Crippen LogP contribution in [0.3, 0.4) is 0 Å². The minimum Gasteiger partial charge on any atom is -0.394 e. The lowest BCUT2D eigenvalue weighted by atomic mass is 10.0. The predicted molar refractivity (Wildman–Crippen MR) is 133 cm³/mol. The summed E-state index contributed by atoms with van der Waals surface area (Å²) in [7, 11) is 0. The van der Waals surface area contributed by atoms with Gasteiger partial charge in [0.1, 0.15) is 0 Å². The van der Waals surface area contributed by atoms with Crippen LogP contribution in [0.5, 0.6) is 0 Å². The zero-order chi connectivity index (χ0) is 23.0. The third-order valence-corrected chi connectivity index (χ3v) is 6.03. The van der Waals surface area contributed by atoms with Gasteiger partial charge in [0.05, 0.1) is 18.8 Å². The van der Waals surface area contributed by atoms with Gasteiger partial charge in [0.15, 0.2) is 0 Å². The highest BCUT2D eigenvalue weighted by molar-refractivity contribution is 5.76. The molecule has 3 N–H and O–H groups in total. The number of hydrogen-bond acceptors (Lipinski definition) is 3. The maximum absolute atomic E-state index is 12.1. The van der Waals surface area contributed by atoms with Crippen molar-refractivity contribution in [3.8, 4) is 0 Å². The zero-order valence-electron chi connectivity index (χ0n) is 20.8. The van der Waals surface area contributed by atoms with E-state index in [4.69, 9.17) is 0 Å². The molecule has 4 heteroatoms. The van der Waals surface area contributed by atoms with Gasteiger partial charge in [-0.25, -0.2) is 0 Å². The van der Waals surface area contributed by atoms with Crippen LogP contribution in [0.1, 0.15) is 136 Å². The lowest BCUT2D eigenvalue weighted by Crippen LogP contribution is -2.45. The molecule has 0 radical (unpaired) electrons. The molecular formula is C27H53NO3. The van der Waals surface area contributed by atoms with Crippen molar-refractivity contribution in [2.24, 2.45) is 0 Å². The zero-order valence-corrected chi connectivity index (χ0v) is 20.8. The molecule has 0 saturated carbocycles. The van der Waals surface area contributed by atoms with Crippen molar-refractivity contribution < 1.29 is 15.0 Å². The first-order chi connectivity index (χ1) is 15.2. The van der Waals surface area contributed by atoms with Gasteiger partial charge < -0.3 is 15.5 Å². The molecule has 2 atom stereocenters. The molecule has 0 aliphatic carbocycles. The molecule has 0 aromatic carbocycles. The largest absolute Gasteiger partial charge is 0.394 e. The van der Waals surface area contributed by atoms with Crippen LogP contribution in [0.2, 0.25) is 0 Å². The molecule has 0 aliphatic heterocycles. The molecule has 0 fully saturated rings. The Hall–Kier alpha value is -0.870. The monoisotopic (exact) mass is 439 g/mol. The highest BCUT2D eigenvalue weighted by atomic mass is 16.3. The second-order valence-corrected chi connectivity index (χ2v) is 9.11. The fourth-order valence-electron chi connectivity index (χ4n) is 3.87. The van der Waals surface area contributed by atoms with E-state index in [9.17, 15) is 15.0 Å². The molecule has 0 bridgehead atoms. The summed E-state index contributed by atoms with van der Waals surface area (Å²) in [5.41, 5.74) is 0. The van der Waals surface area contributed by atoms with Crippen molar-refractivity contribution in [1.82, 2.24) is 5.32 Å². The fraction of sp³-hybridized carbons (Fsp3) is 0.889. The Labute approximate surface area is 193 Å². The topological polar surface area (TPSA) is 69.6 Å². The molecule has 184 valence electrons. The Morgan fingerprint density at radius 1 is 0.742 bits per heavy atom. The van der Waals surface area contributed by atoms with Crippen LogP contribution < -0.4 is 5.32 Å². The van der Waals surface area contributed by atoms with Gasteiger partial charge in [-0.2, -0.15) is 0 Å². The summed E-state index contributed by atoms with van der Waals surface area (Å²) in [5, 5.41) is 22.7. The average molecular weight is 440 g/mol. The number of unbranched alkanes of at least 4 members (excludes halogenated alkanes) is 14. The van der Waals surface area contributed by atoms with Gasteiger partial charge in [-0.05, 0) is 32.1 Å². The van der Waals surface area contributed by atoms with E-state index in [1.807, 2.05) is 0 Å². The summed E-state index contributed by atoms with van der Waals surface area (Å²) in [6, 6.07) is -0.531. The van der Waals surface area contributed by atoms with Crippen LogP contribution in [-0.4, -0.2) is 34.9 Å². The van der Waals surface area contributed by atoms with Crippen LogP contribution in [-0.2, 0) is 4.79 Å². The smallest absolute Gasteiger partial charge is 0.220 e. The van der Waals surface area contributed by atoms with Crippen LogP contribution >= 0.6 is 0 Å². The molecule has 2 unspecified atom stereocenters. The number of carbonyl (C=O) groups excluding carboxylic acids is 1. The maximum Gasteiger partial charge on any atom is 0.220 e. The van der Waals surface area contributed by atoms with Crippen LogP contribution in [0.25, 0.3) is 0 Å². The van der Waals surface area contributed by atoms with Crippen LogP contribution in [0.4, 0.5) is 0 Å². The number of amides is 1.